The number of ether oxygens (including phenoxy) is 2. The van der Waals surface area contributed by atoms with Crippen LogP contribution in [0.25, 0.3) is 16.7 Å². The van der Waals surface area contributed by atoms with Gasteiger partial charge in [0.2, 0.25) is 5.36 Å². The normalized spacial score (nSPS) is 18.6. The first kappa shape index (κ1) is 36.8. The molecule has 3 heterocycles. The zero-order valence-corrected chi connectivity index (χ0v) is 31.5. The Hall–Kier alpha value is -3.99. The molecule has 1 saturated carbocycles. The molecule has 3 aromatic rings. The number of benzene rings is 3. The van der Waals surface area contributed by atoms with Crippen molar-refractivity contribution in [3.8, 4) is 11.5 Å². The van der Waals surface area contributed by atoms with Gasteiger partial charge in [0.15, 0.2) is 5.54 Å². The molecule has 0 spiro atoms. The first-order valence-electron chi connectivity index (χ1n) is 17.7. The average Bonchev–Trinajstić information content (AvgIpc) is 3.54. The van der Waals surface area contributed by atoms with Crippen LogP contribution >= 0.6 is 0 Å². The van der Waals surface area contributed by atoms with Crippen molar-refractivity contribution in [3.63, 3.8) is 0 Å². The summed E-state index contributed by atoms with van der Waals surface area (Å²) in [4.78, 5) is 16.3. The van der Waals surface area contributed by atoms with Gasteiger partial charge in [0, 0.05) is 59.6 Å². The Morgan fingerprint density at radius 3 is 2.18 bits per heavy atom. The molecule has 3 aliphatic heterocycles. The van der Waals surface area contributed by atoms with Crippen molar-refractivity contribution in [2.75, 3.05) is 18.0 Å². The summed E-state index contributed by atoms with van der Waals surface area (Å²) in [6, 6.07) is 17.0. The molecule has 1 aliphatic carbocycles. The molecular formula is C41H47ClN2O7. The fraction of sp³-hybridized carbons (Fsp3) is 0.415. The third kappa shape index (κ3) is 7.10. The predicted molar refractivity (Wildman–Crippen MR) is 188 cm³/mol. The average molecular weight is 715 g/mol. The minimum Gasteiger partial charge on any atom is -0.459 e. The fourth-order valence-electron chi connectivity index (χ4n) is 8.58. The van der Waals surface area contributed by atoms with E-state index in [0.717, 1.165) is 72.2 Å². The molecule has 0 unspecified atom stereocenters. The van der Waals surface area contributed by atoms with Gasteiger partial charge in [0.25, 0.3) is 0 Å². The van der Waals surface area contributed by atoms with Gasteiger partial charge in [-0.1, -0.05) is 24.3 Å². The Balaban J connectivity index is 0.000000839. The maximum Gasteiger partial charge on any atom is 0.339 e. The van der Waals surface area contributed by atoms with Crippen LogP contribution in [0.15, 0.2) is 60.7 Å². The Morgan fingerprint density at radius 2 is 1.53 bits per heavy atom. The minimum atomic E-state index is -4.94. The quantitative estimate of drug-likeness (QED) is 0.228. The summed E-state index contributed by atoms with van der Waals surface area (Å²) in [6.07, 6.45) is 8.82. The van der Waals surface area contributed by atoms with Crippen molar-refractivity contribution in [2.45, 2.75) is 98.3 Å². The van der Waals surface area contributed by atoms with Crippen LogP contribution in [0, 0.1) is 10.2 Å². The summed E-state index contributed by atoms with van der Waals surface area (Å²) >= 11 is 0. The van der Waals surface area contributed by atoms with E-state index in [2.05, 4.69) is 107 Å². The van der Waals surface area contributed by atoms with Crippen LogP contribution < -0.4 is 43.4 Å². The number of rotatable bonds is 5. The van der Waals surface area contributed by atoms with Crippen LogP contribution in [0.2, 0.25) is 0 Å². The monoisotopic (exact) mass is 714 g/mol. The number of anilines is 1. The lowest BCUT2D eigenvalue weighted by Crippen LogP contribution is -2.68. The molecular weight excluding hydrogens is 668 g/mol. The SMILES string of the molecule is CCN1c2cc3c(cc2C(C)=CC1(C)C)C(c1ccccc1C(=O)OC1CCCC1)=c1cc2c(cc1O3)=[N+](CC)C(C)(C)C=C2C.[O-][Cl+3]([O-])([O-])[O-]. The number of likely N-dealkylation sites (N-methyl/N-ethyl adjacent to an activating group) is 2. The molecule has 0 amide bonds. The summed E-state index contributed by atoms with van der Waals surface area (Å²) in [7, 11) is -4.94. The molecule has 4 aliphatic rings. The smallest absolute Gasteiger partial charge is 0.339 e. The van der Waals surface area contributed by atoms with Crippen molar-refractivity contribution in [1.29, 1.82) is 0 Å². The highest BCUT2D eigenvalue weighted by atomic mass is 35.7. The maximum atomic E-state index is 13.9. The topological polar surface area (TPSA) is 134 Å². The van der Waals surface area contributed by atoms with E-state index in [4.69, 9.17) is 28.1 Å². The van der Waals surface area contributed by atoms with Gasteiger partial charge in [-0.2, -0.15) is 0 Å². The summed E-state index contributed by atoms with van der Waals surface area (Å²) in [5.74, 6) is 1.38. The highest BCUT2D eigenvalue weighted by Crippen LogP contribution is 2.46. The Bertz CT molecular complexity index is 2080. The Morgan fingerprint density at radius 1 is 0.882 bits per heavy atom. The van der Waals surface area contributed by atoms with E-state index in [-0.39, 0.29) is 23.2 Å². The number of fused-ring (bicyclic) bond motifs is 4. The molecule has 270 valence electrons. The van der Waals surface area contributed by atoms with Gasteiger partial charge < -0.3 is 14.4 Å². The van der Waals surface area contributed by atoms with Gasteiger partial charge in [-0.25, -0.2) is 28.0 Å². The van der Waals surface area contributed by atoms with Crippen LogP contribution in [0.5, 0.6) is 11.5 Å². The van der Waals surface area contributed by atoms with Gasteiger partial charge in [-0.15, -0.1) is 10.2 Å². The summed E-state index contributed by atoms with van der Waals surface area (Å²) in [6.45, 7) is 19.7. The molecule has 7 rings (SSSR count). The second-order valence-corrected chi connectivity index (χ2v) is 15.6. The standard InChI is InChI=1S/C41H47N2O3.ClHO4/c1-9-42-34-21-36-32(19-30(34)25(3)23-40(42,5)6)38(28-17-13-14-18-29(28)39(44)45-27-15-11-12-16-27)33-20-31-26(4)24-41(7,8)43(10-2)35(31)22-37(33)46-36;2-1(3,4)5/h13-14,17-24,27H,9-12,15-16H2,1-8H3;(H,2,3,4,5)/q+1;/p-1. The number of hydrogen-bond donors (Lipinski definition) is 0. The molecule has 3 aromatic carbocycles. The van der Waals surface area contributed by atoms with E-state index in [9.17, 15) is 4.79 Å². The summed E-state index contributed by atoms with van der Waals surface area (Å²) in [5.41, 5.74) is 9.33. The van der Waals surface area contributed by atoms with Crippen LogP contribution in [-0.2, 0) is 4.74 Å². The number of hydrogen-bond acceptors (Lipinski definition) is 8. The van der Waals surface area contributed by atoms with Crippen LogP contribution in [0.3, 0.4) is 0 Å². The molecule has 0 radical (unpaired) electrons. The molecule has 1 fully saturated rings. The van der Waals surface area contributed by atoms with E-state index in [0.29, 0.717) is 5.56 Å². The highest BCUT2D eigenvalue weighted by molar-refractivity contribution is 6.00. The second-order valence-electron chi connectivity index (χ2n) is 14.9. The molecule has 0 aromatic heterocycles. The van der Waals surface area contributed by atoms with Crippen molar-refractivity contribution >= 4 is 28.4 Å². The number of allylic oxidation sites excluding steroid dienone is 2. The zero-order valence-electron chi connectivity index (χ0n) is 30.7. The lowest BCUT2D eigenvalue weighted by atomic mass is 9.83. The van der Waals surface area contributed by atoms with Crippen LogP contribution in [-0.4, -0.2) is 36.2 Å². The molecule has 0 bridgehead atoms. The van der Waals surface area contributed by atoms with E-state index in [1.54, 1.807) is 0 Å². The van der Waals surface area contributed by atoms with Crippen molar-refractivity contribution < 1.29 is 43.1 Å². The molecule has 10 heteroatoms. The Kier molecular flexibility index (Phi) is 9.76. The lowest BCUT2D eigenvalue weighted by molar-refractivity contribution is -2.00. The number of carbonyl (C=O) groups is 1. The van der Waals surface area contributed by atoms with Gasteiger partial charge >= 0.3 is 5.97 Å². The van der Waals surface area contributed by atoms with E-state index < -0.39 is 10.2 Å². The van der Waals surface area contributed by atoms with Gasteiger partial charge in [-0.05, 0) is 108 Å². The minimum absolute atomic E-state index is 0.00816. The molecule has 0 N–H and O–H groups in total. The summed E-state index contributed by atoms with van der Waals surface area (Å²) in [5, 5.41) is 2.18. The fourth-order valence-corrected chi connectivity index (χ4v) is 8.58. The van der Waals surface area contributed by atoms with Gasteiger partial charge in [0.1, 0.15) is 24.1 Å². The van der Waals surface area contributed by atoms with Crippen LogP contribution in [0.1, 0.15) is 114 Å². The van der Waals surface area contributed by atoms with Crippen molar-refractivity contribution in [2.24, 2.45) is 0 Å². The van der Waals surface area contributed by atoms with Crippen molar-refractivity contribution in [1.82, 2.24) is 4.58 Å². The maximum absolute atomic E-state index is 13.9. The largest absolute Gasteiger partial charge is 0.459 e. The zero-order chi connectivity index (χ0) is 37.0. The number of nitrogens with zero attached hydrogens (tertiary/aromatic N) is 2. The molecule has 9 nitrogen and oxygen atoms in total. The first-order chi connectivity index (χ1) is 23.9. The van der Waals surface area contributed by atoms with Gasteiger partial charge in [-0.3, -0.25) is 0 Å². The predicted octanol–water partition coefficient (Wildman–Crippen LogP) is 3.11. The summed E-state index contributed by atoms with van der Waals surface area (Å²) < 4.78 is 49.5. The molecule has 0 saturated heterocycles. The lowest BCUT2D eigenvalue weighted by Gasteiger charge is -2.43. The third-order valence-corrected chi connectivity index (χ3v) is 10.5. The van der Waals surface area contributed by atoms with Crippen LogP contribution in [0.4, 0.5) is 5.69 Å². The number of carbonyl (C=O) groups excluding carboxylic acids is 1. The van der Waals surface area contributed by atoms with E-state index >= 15 is 0 Å². The first-order valence-corrected chi connectivity index (χ1v) is 19.0. The molecule has 51 heavy (non-hydrogen) atoms. The third-order valence-electron chi connectivity index (χ3n) is 10.5. The van der Waals surface area contributed by atoms with Crippen molar-refractivity contribution in [3.05, 3.63) is 99.1 Å². The Labute approximate surface area is 302 Å². The van der Waals surface area contributed by atoms with E-state index in [1.165, 1.54) is 33.3 Å². The second kappa shape index (κ2) is 13.5. The van der Waals surface area contributed by atoms with Gasteiger partial charge in [0.05, 0.1) is 17.2 Å². The highest BCUT2D eigenvalue weighted by Gasteiger charge is 2.36. The number of esters is 1. The number of halogens is 1. The van der Waals surface area contributed by atoms with E-state index in [1.807, 2.05) is 18.2 Å². The molecule has 0 atom stereocenters.